The third kappa shape index (κ3) is 4.80. The smallest absolute Gasteiger partial charge is 0.231 e. The number of anilines is 1. The van der Waals surface area contributed by atoms with Crippen molar-refractivity contribution in [3.8, 4) is 28.4 Å². The molecule has 2 aliphatic rings. The summed E-state index contributed by atoms with van der Waals surface area (Å²) in [6.07, 6.45) is 6.17. The number of ether oxygens (including phenoxy) is 3. The van der Waals surface area contributed by atoms with Gasteiger partial charge in [0, 0.05) is 11.8 Å². The van der Waals surface area contributed by atoms with Crippen molar-refractivity contribution in [1.82, 2.24) is 15.5 Å². The number of benzene rings is 2. The Morgan fingerprint density at radius 1 is 1.15 bits per heavy atom. The SMILES string of the molecule is COc1ccc2c(c1)C[C@@H](C(=O)Nc1ccc(-c3cn[nH]c3)cc1OC1CCNCC1)CO2. The fourth-order valence-corrected chi connectivity index (χ4v) is 4.31. The number of hydrogen-bond donors (Lipinski definition) is 3. The van der Waals surface area contributed by atoms with E-state index in [1.165, 1.54) is 0 Å². The molecule has 3 N–H and O–H groups in total. The molecule has 8 heteroatoms. The van der Waals surface area contributed by atoms with Crippen LogP contribution in [0, 0.1) is 5.92 Å². The van der Waals surface area contributed by atoms with E-state index in [1.54, 1.807) is 13.3 Å². The molecular weight excluding hydrogens is 420 g/mol. The van der Waals surface area contributed by atoms with Crippen LogP contribution in [0.3, 0.4) is 0 Å². The molecule has 1 aromatic heterocycles. The van der Waals surface area contributed by atoms with Crippen molar-refractivity contribution in [3.05, 3.63) is 54.4 Å². The average Bonchev–Trinajstić information content (AvgIpc) is 3.40. The molecule has 0 radical (unpaired) electrons. The van der Waals surface area contributed by atoms with Crippen molar-refractivity contribution in [1.29, 1.82) is 0 Å². The molecule has 8 nitrogen and oxygen atoms in total. The summed E-state index contributed by atoms with van der Waals surface area (Å²) in [5, 5.41) is 13.3. The summed E-state index contributed by atoms with van der Waals surface area (Å²) in [4.78, 5) is 13.2. The monoisotopic (exact) mass is 448 g/mol. The van der Waals surface area contributed by atoms with E-state index in [4.69, 9.17) is 14.2 Å². The minimum Gasteiger partial charge on any atom is -0.497 e. The third-order valence-electron chi connectivity index (χ3n) is 6.20. The number of aromatic nitrogens is 2. The Morgan fingerprint density at radius 2 is 2.03 bits per heavy atom. The van der Waals surface area contributed by atoms with E-state index in [0.717, 1.165) is 54.1 Å². The highest BCUT2D eigenvalue weighted by atomic mass is 16.5. The second-order valence-corrected chi connectivity index (χ2v) is 8.44. The zero-order valence-corrected chi connectivity index (χ0v) is 18.6. The van der Waals surface area contributed by atoms with Crippen LogP contribution in [0.1, 0.15) is 18.4 Å². The topological polar surface area (TPSA) is 97.5 Å². The number of aromatic amines is 1. The summed E-state index contributed by atoms with van der Waals surface area (Å²) >= 11 is 0. The average molecular weight is 449 g/mol. The van der Waals surface area contributed by atoms with Crippen molar-refractivity contribution in [3.63, 3.8) is 0 Å². The maximum Gasteiger partial charge on any atom is 0.231 e. The first-order valence-corrected chi connectivity index (χ1v) is 11.3. The standard InChI is InChI=1S/C25H28N4O4/c1-31-21-3-5-23-17(11-21)10-18(15-32-23)25(30)29-22-4-2-16(19-13-27-28-14-19)12-24(22)33-20-6-8-26-9-7-20/h2-5,11-14,18,20,26H,6-10,15H2,1H3,(H,27,28)(H,29,30)/t18-/m1/s1. The second-order valence-electron chi connectivity index (χ2n) is 8.44. The van der Waals surface area contributed by atoms with Gasteiger partial charge in [-0.05, 0) is 73.8 Å². The van der Waals surface area contributed by atoms with E-state index in [2.05, 4.69) is 20.8 Å². The summed E-state index contributed by atoms with van der Waals surface area (Å²) in [5.41, 5.74) is 3.59. The van der Waals surface area contributed by atoms with Crippen molar-refractivity contribution in [2.24, 2.45) is 5.92 Å². The van der Waals surface area contributed by atoms with E-state index >= 15 is 0 Å². The van der Waals surface area contributed by atoms with Crippen LogP contribution in [0.4, 0.5) is 5.69 Å². The largest absolute Gasteiger partial charge is 0.497 e. The van der Waals surface area contributed by atoms with Gasteiger partial charge in [-0.25, -0.2) is 0 Å². The number of piperidine rings is 1. The molecule has 0 unspecified atom stereocenters. The number of nitrogens with zero attached hydrogens (tertiary/aromatic N) is 1. The van der Waals surface area contributed by atoms with Gasteiger partial charge in [0.05, 0.1) is 24.9 Å². The second kappa shape index (κ2) is 9.54. The number of H-pyrrole nitrogens is 1. The number of rotatable bonds is 6. The molecule has 2 aliphatic heterocycles. The summed E-state index contributed by atoms with van der Waals surface area (Å²) in [6.45, 7) is 2.19. The van der Waals surface area contributed by atoms with Crippen LogP contribution in [0.5, 0.6) is 17.2 Å². The maximum absolute atomic E-state index is 13.2. The number of carbonyl (C=O) groups excluding carboxylic acids is 1. The molecule has 2 aromatic carbocycles. The van der Waals surface area contributed by atoms with Crippen LogP contribution in [0.15, 0.2) is 48.8 Å². The van der Waals surface area contributed by atoms with Gasteiger partial charge >= 0.3 is 0 Å². The van der Waals surface area contributed by atoms with Gasteiger partial charge in [0.25, 0.3) is 0 Å². The van der Waals surface area contributed by atoms with Gasteiger partial charge in [-0.2, -0.15) is 5.10 Å². The highest BCUT2D eigenvalue weighted by Crippen LogP contribution is 2.34. The summed E-state index contributed by atoms with van der Waals surface area (Å²) in [7, 11) is 1.63. The molecule has 0 saturated carbocycles. The Hall–Kier alpha value is -3.52. The van der Waals surface area contributed by atoms with Crippen molar-refractivity contribution in [2.75, 3.05) is 32.1 Å². The van der Waals surface area contributed by atoms with E-state index < -0.39 is 0 Å². The molecule has 1 amide bonds. The lowest BCUT2D eigenvalue weighted by atomic mass is 9.95. The Kier molecular flexibility index (Phi) is 6.17. The Labute approximate surface area is 192 Å². The van der Waals surface area contributed by atoms with Crippen LogP contribution >= 0.6 is 0 Å². The summed E-state index contributed by atoms with van der Waals surface area (Å²) in [6, 6.07) is 11.5. The quantitative estimate of drug-likeness (QED) is 0.535. The van der Waals surface area contributed by atoms with Gasteiger partial charge in [0.1, 0.15) is 30.0 Å². The minimum atomic E-state index is -0.301. The van der Waals surface area contributed by atoms with Crippen molar-refractivity contribution < 1.29 is 19.0 Å². The first kappa shape index (κ1) is 21.3. The fraction of sp³-hybridized carbons (Fsp3) is 0.360. The molecule has 0 spiro atoms. The van der Waals surface area contributed by atoms with Gasteiger partial charge in [-0.15, -0.1) is 0 Å². The van der Waals surface area contributed by atoms with Crippen LogP contribution in [-0.2, 0) is 11.2 Å². The molecule has 5 rings (SSSR count). The number of methoxy groups -OCH3 is 1. The Balaban J connectivity index is 1.35. The molecule has 3 heterocycles. The van der Waals surface area contributed by atoms with E-state index in [1.807, 2.05) is 42.6 Å². The highest BCUT2D eigenvalue weighted by molar-refractivity contribution is 5.95. The zero-order valence-electron chi connectivity index (χ0n) is 18.6. The lowest BCUT2D eigenvalue weighted by Gasteiger charge is -2.27. The normalized spacial score (nSPS) is 18.2. The lowest BCUT2D eigenvalue weighted by molar-refractivity contribution is -0.121. The molecule has 1 saturated heterocycles. The van der Waals surface area contributed by atoms with Gasteiger partial charge in [0.15, 0.2) is 0 Å². The molecule has 33 heavy (non-hydrogen) atoms. The molecule has 0 bridgehead atoms. The summed E-state index contributed by atoms with van der Waals surface area (Å²) < 4.78 is 17.5. The maximum atomic E-state index is 13.2. The minimum absolute atomic E-state index is 0.0882. The number of fused-ring (bicyclic) bond motifs is 1. The van der Waals surface area contributed by atoms with Gasteiger partial charge in [-0.1, -0.05) is 6.07 Å². The summed E-state index contributed by atoms with van der Waals surface area (Å²) in [5.74, 6) is 1.84. The van der Waals surface area contributed by atoms with Crippen molar-refractivity contribution >= 4 is 11.6 Å². The predicted octanol–water partition coefficient (Wildman–Crippen LogP) is 3.41. The van der Waals surface area contributed by atoms with Crippen molar-refractivity contribution in [2.45, 2.75) is 25.4 Å². The van der Waals surface area contributed by atoms with Crippen LogP contribution in [0.2, 0.25) is 0 Å². The molecule has 3 aromatic rings. The molecular formula is C25H28N4O4. The van der Waals surface area contributed by atoms with E-state index in [0.29, 0.717) is 24.5 Å². The van der Waals surface area contributed by atoms with Crippen LogP contribution in [0.25, 0.3) is 11.1 Å². The number of carbonyl (C=O) groups is 1. The van der Waals surface area contributed by atoms with E-state index in [-0.39, 0.29) is 17.9 Å². The predicted molar refractivity (Wildman–Crippen MR) is 125 cm³/mol. The van der Waals surface area contributed by atoms with Crippen LogP contribution in [-0.4, -0.2) is 49.0 Å². The molecule has 1 fully saturated rings. The Morgan fingerprint density at radius 3 is 2.82 bits per heavy atom. The first-order valence-electron chi connectivity index (χ1n) is 11.3. The van der Waals surface area contributed by atoms with Gasteiger partial charge in [-0.3, -0.25) is 9.89 Å². The molecule has 0 aliphatic carbocycles. The number of nitrogens with one attached hydrogen (secondary N) is 3. The highest BCUT2D eigenvalue weighted by Gasteiger charge is 2.27. The van der Waals surface area contributed by atoms with Crippen LogP contribution < -0.4 is 24.8 Å². The zero-order chi connectivity index (χ0) is 22.6. The van der Waals surface area contributed by atoms with Gasteiger partial charge in [0.2, 0.25) is 5.91 Å². The third-order valence-corrected chi connectivity index (χ3v) is 6.20. The van der Waals surface area contributed by atoms with E-state index in [9.17, 15) is 4.79 Å². The molecule has 1 atom stereocenters. The fourth-order valence-electron chi connectivity index (χ4n) is 4.31. The number of hydrogen-bond acceptors (Lipinski definition) is 6. The lowest BCUT2D eigenvalue weighted by Crippen LogP contribution is -2.35. The number of amides is 1. The first-order chi connectivity index (χ1) is 16.2. The Bertz CT molecular complexity index is 1110. The molecule has 172 valence electrons. The van der Waals surface area contributed by atoms with Gasteiger partial charge < -0.3 is 24.8 Å².